The van der Waals surface area contributed by atoms with Gasteiger partial charge in [0.05, 0.1) is 12.2 Å². The Bertz CT molecular complexity index is 317. The number of halogens is 1. The first kappa shape index (κ1) is 8.54. The van der Waals surface area contributed by atoms with E-state index in [1.165, 1.54) is 12.1 Å². The first-order valence-electron chi connectivity index (χ1n) is 3.60. The minimum Gasteiger partial charge on any atom is -0.492 e. The zero-order valence-corrected chi connectivity index (χ0v) is 6.67. The summed E-state index contributed by atoms with van der Waals surface area (Å²) in [6.45, 7) is 2.28. The standard InChI is InChI=1S/C9H8FNO/c1-2-12-9-4-3-8(10)5-7(9)6-11/h3-5H,2H2,1H3. The van der Waals surface area contributed by atoms with Gasteiger partial charge in [0.15, 0.2) is 0 Å². The predicted octanol–water partition coefficient (Wildman–Crippen LogP) is 2.10. The fourth-order valence-electron chi connectivity index (χ4n) is 0.871. The Morgan fingerprint density at radius 1 is 1.58 bits per heavy atom. The molecule has 0 spiro atoms. The molecule has 0 unspecified atom stereocenters. The third-order valence-corrected chi connectivity index (χ3v) is 1.36. The number of nitrogens with zero attached hydrogens (tertiary/aromatic N) is 1. The van der Waals surface area contributed by atoms with Crippen LogP contribution in [0.4, 0.5) is 4.39 Å². The topological polar surface area (TPSA) is 33.0 Å². The summed E-state index contributed by atoms with van der Waals surface area (Å²) >= 11 is 0. The van der Waals surface area contributed by atoms with Crippen LogP contribution >= 0.6 is 0 Å². The largest absolute Gasteiger partial charge is 0.492 e. The molecule has 0 aromatic heterocycles. The van der Waals surface area contributed by atoms with Gasteiger partial charge in [-0.1, -0.05) is 0 Å². The van der Waals surface area contributed by atoms with Crippen molar-refractivity contribution in [3.8, 4) is 11.8 Å². The number of nitriles is 1. The Hall–Kier alpha value is -1.56. The van der Waals surface area contributed by atoms with Crippen LogP contribution in [0.2, 0.25) is 0 Å². The number of rotatable bonds is 2. The van der Waals surface area contributed by atoms with Gasteiger partial charge in [-0.15, -0.1) is 0 Å². The molecule has 3 heteroatoms. The van der Waals surface area contributed by atoms with Crippen molar-refractivity contribution in [3.05, 3.63) is 29.6 Å². The van der Waals surface area contributed by atoms with Gasteiger partial charge in [0, 0.05) is 0 Å². The highest BCUT2D eigenvalue weighted by Crippen LogP contribution is 2.18. The highest BCUT2D eigenvalue weighted by atomic mass is 19.1. The van der Waals surface area contributed by atoms with Crippen molar-refractivity contribution in [2.45, 2.75) is 6.92 Å². The summed E-state index contributed by atoms with van der Waals surface area (Å²) in [5, 5.41) is 8.57. The highest BCUT2D eigenvalue weighted by molar-refractivity contribution is 5.42. The monoisotopic (exact) mass is 165 g/mol. The Morgan fingerprint density at radius 2 is 2.33 bits per heavy atom. The average molecular weight is 165 g/mol. The van der Waals surface area contributed by atoms with Gasteiger partial charge in [-0.3, -0.25) is 0 Å². The van der Waals surface area contributed by atoms with E-state index in [2.05, 4.69) is 0 Å². The van der Waals surface area contributed by atoms with E-state index >= 15 is 0 Å². The van der Waals surface area contributed by atoms with E-state index in [1.54, 1.807) is 0 Å². The van der Waals surface area contributed by atoms with E-state index in [0.717, 1.165) is 6.07 Å². The zero-order chi connectivity index (χ0) is 8.97. The van der Waals surface area contributed by atoms with Gasteiger partial charge in [-0.05, 0) is 25.1 Å². The highest BCUT2D eigenvalue weighted by Gasteiger charge is 2.02. The van der Waals surface area contributed by atoms with Gasteiger partial charge in [0.25, 0.3) is 0 Å². The molecule has 0 saturated heterocycles. The van der Waals surface area contributed by atoms with Crippen LogP contribution in [-0.4, -0.2) is 6.61 Å². The summed E-state index contributed by atoms with van der Waals surface area (Å²) in [5.41, 5.74) is 0.233. The lowest BCUT2D eigenvalue weighted by molar-refractivity contribution is 0.338. The van der Waals surface area contributed by atoms with Gasteiger partial charge < -0.3 is 4.74 Å². The lowest BCUT2D eigenvalue weighted by Gasteiger charge is -2.03. The maximum atomic E-state index is 12.6. The predicted molar refractivity (Wildman–Crippen MR) is 42.3 cm³/mol. The Balaban J connectivity index is 3.05. The van der Waals surface area contributed by atoms with Crippen molar-refractivity contribution in [1.29, 1.82) is 5.26 Å². The number of hydrogen-bond donors (Lipinski definition) is 0. The molecule has 1 aromatic rings. The van der Waals surface area contributed by atoms with Crippen LogP contribution in [0.5, 0.6) is 5.75 Å². The first-order chi connectivity index (χ1) is 5.77. The van der Waals surface area contributed by atoms with Gasteiger partial charge in [-0.2, -0.15) is 5.26 Å². The van der Waals surface area contributed by atoms with Crippen molar-refractivity contribution in [2.75, 3.05) is 6.61 Å². The summed E-state index contributed by atoms with van der Waals surface area (Å²) in [4.78, 5) is 0. The molecule has 1 rings (SSSR count). The average Bonchev–Trinajstić information content (AvgIpc) is 2.08. The molecule has 0 N–H and O–H groups in total. The second kappa shape index (κ2) is 3.72. The fraction of sp³-hybridized carbons (Fsp3) is 0.222. The van der Waals surface area contributed by atoms with E-state index in [1.807, 2.05) is 13.0 Å². The molecule has 0 radical (unpaired) electrons. The summed E-state index contributed by atoms with van der Waals surface area (Å²) in [7, 11) is 0. The van der Waals surface area contributed by atoms with Crippen LogP contribution in [0.1, 0.15) is 12.5 Å². The molecule has 0 heterocycles. The molecule has 2 nitrogen and oxygen atoms in total. The maximum absolute atomic E-state index is 12.6. The number of hydrogen-bond acceptors (Lipinski definition) is 2. The van der Waals surface area contributed by atoms with Crippen LogP contribution < -0.4 is 4.74 Å². The third-order valence-electron chi connectivity index (χ3n) is 1.36. The zero-order valence-electron chi connectivity index (χ0n) is 6.67. The van der Waals surface area contributed by atoms with E-state index < -0.39 is 5.82 Å². The van der Waals surface area contributed by atoms with Crippen molar-refractivity contribution >= 4 is 0 Å². The van der Waals surface area contributed by atoms with E-state index in [9.17, 15) is 4.39 Å². The molecular weight excluding hydrogens is 157 g/mol. The van der Waals surface area contributed by atoms with E-state index in [0.29, 0.717) is 12.4 Å². The normalized spacial score (nSPS) is 9.08. The molecule has 62 valence electrons. The fourth-order valence-corrected chi connectivity index (χ4v) is 0.871. The van der Waals surface area contributed by atoms with Crippen LogP contribution in [0, 0.1) is 17.1 Å². The lowest BCUT2D eigenvalue weighted by atomic mass is 10.2. The molecule has 0 amide bonds. The maximum Gasteiger partial charge on any atom is 0.137 e. The smallest absolute Gasteiger partial charge is 0.137 e. The quantitative estimate of drug-likeness (QED) is 0.672. The minimum absolute atomic E-state index is 0.233. The second-order valence-electron chi connectivity index (χ2n) is 2.19. The lowest BCUT2D eigenvalue weighted by Crippen LogP contribution is -1.94. The third kappa shape index (κ3) is 1.73. The number of ether oxygens (including phenoxy) is 1. The van der Waals surface area contributed by atoms with Crippen LogP contribution in [-0.2, 0) is 0 Å². The van der Waals surface area contributed by atoms with Crippen molar-refractivity contribution in [3.63, 3.8) is 0 Å². The molecule has 0 saturated carbocycles. The van der Waals surface area contributed by atoms with E-state index in [-0.39, 0.29) is 5.56 Å². The van der Waals surface area contributed by atoms with Gasteiger partial charge in [0.1, 0.15) is 17.6 Å². The first-order valence-corrected chi connectivity index (χ1v) is 3.60. The summed E-state index contributed by atoms with van der Waals surface area (Å²) in [6.07, 6.45) is 0. The molecule has 1 aromatic carbocycles. The SMILES string of the molecule is CCOc1ccc(F)cc1C#N. The molecule has 0 atom stereocenters. The minimum atomic E-state index is -0.421. The summed E-state index contributed by atoms with van der Waals surface area (Å²) in [6, 6.07) is 5.74. The van der Waals surface area contributed by atoms with Crippen LogP contribution in [0.25, 0.3) is 0 Å². The van der Waals surface area contributed by atoms with Crippen LogP contribution in [0.15, 0.2) is 18.2 Å². The molecule has 0 aliphatic rings. The molecule has 0 fully saturated rings. The Kier molecular flexibility index (Phi) is 2.65. The van der Waals surface area contributed by atoms with Crippen molar-refractivity contribution in [1.82, 2.24) is 0 Å². The molecule has 12 heavy (non-hydrogen) atoms. The molecular formula is C9H8FNO. The van der Waals surface area contributed by atoms with Gasteiger partial charge in [-0.25, -0.2) is 4.39 Å². The van der Waals surface area contributed by atoms with Gasteiger partial charge in [0.2, 0.25) is 0 Å². The number of benzene rings is 1. The Labute approximate surface area is 70.2 Å². The molecule has 0 bridgehead atoms. The van der Waals surface area contributed by atoms with Crippen molar-refractivity contribution in [2.24, 2.45) is 0 Å². The summed E-state index contributed by atoms with van der Waals surface area (Å²) < 4.78 is 17.7. The summed E-state index contributed by atoms with van der Waals surface area (Å²) in [5.74, 6) is 0.0106. The van der Waals surface area contributed by atoms with Crippen LogP contribution in [0.3, 0.4) is 0 Å². The Morgan fingerprint density at radius 3 is 2.92 bits per heavy atom. The second-order valence-corrected chi connectivity index (χ2v) is 2.19. The van der Waals surface area contributed by atoms with E-state index in [4.69, 9.17) is 10.00 Å². The molecule has 0 aliphatic carbocycles. The van der Waals surface area contributed by atoms with Gasteiger partial charge >= 0.3 is 0 Å². The van der Waals surface area contributed by atoms with Crippen molar-refractivity contribution < 1.29 is 9.13 Å². The molecule has 0 aliphatic heterocycles.